The van der Waals surface area contributed by atoms with E-state index in [1.165, 1.54) is 6.07 Å². The lowest BCUT2D eigenvalue weighted by molar-refractivity contribution is -0.275. The van der Waals surface area contributed by atoms with Gasteiger partial charge in [-0.1, -0.05) is 15.9 Å². The van der Waals surface area contributed by atoms with Crippen LogP contribution in [0.1, 0.15) is 36.7 Å². The molecule has 0 saturated heterocycles. The minimum absolute atomic E-state index is 0.00661. The molecule has 0 aliphatic carbocycles. The molecule has 0 heterocycles. The van der Waals surface area contributed by atoms with Gasteiger partial charge in [0.25, 0.3) is 0 Å². The Labute approximate surface area is 179 Å². The summed E-state index contributed by atoms with van der Waals surface area (Å²) >= 11 is 3.32. The van der Waals surface area contributed by atoms with Crippen LogP contribution in [0, 0.1) is 12.7 Å². The molecule has 0 aromatic heterocycles. The van der Waals surface area contributed by atoms with Gasteiger partial charge in [0.15, 0.2) is 11.5 Å². The first-order chi connectivity index (χ1) is 13.7. The average molecular weight is 495 g/mol. The maximum Gasteiger partial charge on any atom is 0.573 e. The first-order valence-corrected chi connectivity index (χ1v) is 9.35. The van der Waals surface area contributed by atoms with Crippen molar-refractivity contribution in [1.29, 1.82) is 0 Å². The average Bonchev–Trinajstić information content (AvgIpc) is 2.58. The first-order valence-electron chi connectivity index (χ1n) is 8.56. The molecule has 30 heavy (non-hydrogen) atoms. The summed E-state index contributed by atoms with van der Waals surface area (Å²) in [6.45, 7) is 6.72. The van der Waals surface area contributed by atoms with Crippen LogP contribution in [0.5, 0.6) is 23.0 Å². The summed E-state index contributed by atoms with van der Waals surface area (Å²) in [6, 6.07) is 4.83. The molecule has 0 amide bonds. The van der Waals surface area contributed by atoms with E-state index in [1.807, 2.05) is 0 Å². The van der Waals surface area contributed by atoms with E-state index in [0.29, 0.717) is 10.0 Å². The van der Waals surface area contributed by atoms with Gasteiger partial charge in [0.1, 0.15) is 16.9 Å². The lowest BCUT2D eigenvalue weighted by Gasteiger charge is -2.22. The second-order valence-electron chi connectivity index (χ2n) is 7.11. The van der Waals surface area contributed by atoms with E-state index in [9.17, 15) is 22.4 Å². The zero-order chi connectivity index (χ0) is 22.9. The van der Waals surface area contributed by atoms with Crippen molar-refractivity contribution in [3.05, 3.63) is 45.7 Å². The number of halogens is 5. The molecule has 0 atom stereocenters. The Bertz CT molecular complexity index is 952. The normalized spacial score (nSPS) is 11.8. The van der Waals surface area contributed by atoms with Gasteiger partial charge in [-0.25, -0.2) is 4.79 Å². The molecule has 164 valence electrons. The largest absolute Gasteiger partial charge is 0.573 e. The van der Waals surface area contributed by atoms with Crippen LogP contribution in [0.2, 0.25) is 0 Å². The molecule has 0 fully saturated rings. The third-order valence-electron chi connectivity index (χ3n) is 3.64. The minimum atomic E-state index is -5.08. The molecule has 0 N–H and O–H groups in total. The highest BCUT2D eigenvalue weighted by Gasteiger charge is 2.34. The highest BCUT2D eigenvalue weighted by molar-refractivity contribution is 9.10. The van der Waals surface area contributed by atoms with Crippen LogP contribution < -0.4 is 14.2 Å². The molecule has 0 radical (unpaired) electrons. The van der Waals surface area contributed by atoms with Crippen LogP contribution in [0.3, 0.4) is 0 Å². The van der Waals surface area contributed by atoms with Crippen molar-refractivity contribution in [2.24, 2.45) is 0 Å². The number of ether oxygens (including phenoxy) is 4. The van der Waals surface area contributed by atoms with Crippen molar-refractivity contribution in [1.82, 2.24) is 0 Å². The smallest absolute Gasteiger partial charge is 0.490 e. The highest BCUT2D eigenvalue weighted by atomic mass is 79.9. The van der Waals surface area contributed by atoms with Crippen LogP contribution in [-0.2, 0) is 4.74 Å². The molecule has 0 saturated carbocycles. The van der Waals surface area contributed by atoms with E-state index in [0.717, 1.165) is 19.2 Å². The van der Waals surface area contributed by atoms with Gasteiger partial charge >= 0.3 is 12.3 Å². The predicted octanol–water partition coefficient (Wildman–Crippen LogP) is 6.55. The molecule has 5 nitrogen and oxygen atoms in total. The van der Waals surface area contributed by atoms with Crippen molar-refractivity contribution >= 4 is 21.9 Å². The summed E-state index contributed by atoms with van der Waals surface area (Å²) in [5.41, 5.74) is -0.223. The van der Waals surface area contributed by atoms with E-state index in [1.54, 1.807) is 33.8 Å². The number of alkyl halides is 3. The third-order valence-corrected chi connectivity index (χ3v) is 4.50. The van der Waals surface area contributed by atoms with Gasteiger partial charge in [-0.2, -0.15) is 4.39 Å². The number of carbonyl (C=O) groups excluding carboxylic acids is 1. The van der Waals surface area contributed by atoms with Gasteiger partial charge in [-0.05, 0) is 57.5 Å². The Balaban J connectivity index is 2.51. The number of hydrogen-bond donors (Lipinski definition) is 0. The second-order valence-corrected chi connectivity index (χ2v) is 7.96. The molecule has 0 aliphatic rings. The molecule has 2 aromatic carbocycles. The number of esters is 1. The van der Waals surface area contributed by atoms with E-state index in [2.05, 4.69) is 20.7 Å². The van der Waals surface area contributed by atoms with Crippen LogP contribution >= 0.6 is 15.9 Å². The Morgan fingerprint density at radius 1 is 1.00 bits per heavy atom. The number of carbonyl (C=O) groups is 1. The summed E-state index contributed by atoms with van der Waals surface area (Å²) in [4.78, 5) is 12.7. The number of methoxy groups -OCH3 is 1. The summed E-state index contributed by atoms with van der Waals surface area (Å²) in [5, 5.41) is 0. The molecule has 0 aliphatic heterocycles. The monoisotopic (exact) mass is 494 g/mol. The molecule has 2 aromatic rings. The third kappa shape index (κ3) is 5.78. The van der Waals surface area contributed by atoms with Gasteiger partial charge in [0.05, 0.1) is 7.11 Å². The van der Waals surface area contributed by atoms with Gasteiger partial charge in [-0.3, -0.25) is 0 Å². The fourth-order valence-corrected chi connectivity index (χ4v) is 2.77. The second kappa shape index (κ2) is 8.71. The van der Waals surface area contributed by atoms with Crippen molar-refractivity contribution in [2.45, 2.75) is 39.7 Å². The summed E-state index contributed by atoms with van der Waals surface area (Å²) < 4.78 is 72.0. The highest BCUT2D eigenvalue weighted by Crippen LogP contribution is 2.41. The van der Waals surface area contributed by atoms with Crippen molar-refractivity contribution in [2.75, 3.05) is 7.11 Å². The number of rotatable bonds is 5. The van der Waals surface area contributed by atoms with E-state index in [4.69, 9.17) is 14.2 Å². The van der Waals surface area contributed by atoms with Gasteiger partial charge in [-0.15, -0.1) is 13.2 Å². The standard InChI is InChI=1S/C20H19BrF4O5/c1-10-11(21)6-7-12(15(10)18(26)30-19(2,3)4)28-14-9-8-13(29-20(23,24)25)16(22)17(14)27-5/h6-9H,1-5H3. The van der Waals surface area contributed by atoms with E-state index < -0.39 is 35.2 Å². The maximum absolute atomic E-state index is 14.5. The number of benzene rings is 2. The van der Waals surface area contributed by atoms with Crippen LogP contribution in [0.4, 0.5) is 17.6 Å². The van der Waals surface area contributed by atoms with Crippen molar-refractivity contribution < 1.29 is 41.3 Å². The zero-order valence-electron chi connectivity index (χ0n) is 16.7. The Morgan fingerprint density at radius 2 is 1.57 bits per heavy atom. The zero-order valence-corrected chi connectivity index (χ0v) is 18.3. The Kier molecular flexibility index (Phi) is 6.90. The fourth-order valence-electron chi connectivity index (χ4n) is 2.44. The Hall–Kier alpha value is -2.49. The van der Waals surface area contributed by atoms with E-state index >= 15 is 0 Å². The molecular formula is C20H19BrF4O5. The predicted molar refractivity (Wildman–Crippen MR) is 104 cm³/mol. The molecular weight excluding hydrogens is 476 g/mol. The summed E-state index contributed by atoms with van der Waals surface area (Å²) in [7, 11) is 1.06. The van der Waals surface area contributed by atoms with Crippen molar-refractivity contribution in [3.8, 4) is 23.0 Å². The SMILES string of the molecule is COc1c(Oc2ccc(Br)c(C)c2C(=O)OC(C)(C)C)ccc(OC(F)(F)F)c1F. The molecule has 10 heteroatoms. The quantitative estimate of drug-likeness (QED) is 0.348. The molecule has 2 rings (SSSR count). The fraction of sp³-hybridized carbons (Fsp3) is 0.350. The molecule has 0 unspecified atom stereocenters. The van der Waals surface area contributed by atoms with E-state index in [-0.39, 0.29) is 17.1 Å². The number of hydrogen-bond acceptors (Lipinski definition) is 5. The maximum atomic E-state index is 14.5. The lowest BCUT2D eigenvalue weighted by Crippen LogP contribution is -2.24. The van der Waals surface area contributed by atoms with Gasteiger partial charge < -0.3 is 18.9 Å². The Morgan fingerprint density at radius 3 is 2.10 bits per heavy atom. The molecule has 0 spiro atoms. The van der Waals surface area contributed by atoms with Crippen LogP contribution in [-0.4, -0.2) is 25.0 Å². The van der Waals surface area contributed by atoms with Crippen LogP contribution in [0.15, 0.2) is 28.7 Å². The van der Waals surface area contributed by atoms with Crippen molar-refractivity contribution in [3.63, 3.8) is 0 Å². The summed E-state index contributed by atoms with van der Waals surface area (Å²) in [5.74, 6) is -4.03. The first kappa shape index (κ1) is 23.8. The lowest BCUT2D eigenvalue weighted by atomic mass is 10.1. The van der Waals surface area contributed by atoms with Crippen LogP contribution in [0.25, 0.3) is 0 Å². The summed E-state index contributed by atoms with van der Waals surface area (Å²) in [6.07, 6.45) is -5.08. The van der Waals surface area contributed by atoms with Gasteiger partial charge in [0.2, 0.25) is 11.6 Å². The molecule has 0 bridgehead atoms. The minimum Gasteiger partial charge on any atom is -0.490 e. The topological polar surface area (TPSA) is 54.0 Å². The van der Waals surface area contributed by atoms with Gasteiger partial charge in [0, 0.05) is 4.47 Å².